The van der Waals surface area contributed by atoms with Crippen LogP contribution in [0, 0.1) is 10.8 Å². The van der Waals surface area contributed by atoms with Gasteiger partial charge in [0, 0.05) is 15.9 Å². The first-order valence-corrected chi connectivity index (χ1v) is 11.0. The highest BCUT2D eigenvalue weighted by Crippen LogP contribution is 2.32. The van der Waals surface area contributed by atoms with Crippen molar-refractivity contribution in [3.8, 4) is 0 Å². The minimum absolute atomic E-state index is 0.0188. The Morgan fingerprint density at radius 2 is 2.12 bits per heavy atom. The Morgan fingerprint density at radius 1 is 1.34 bits per heavy atom. The molecule has 0 spiro atoms. The van der Waals surface area contributed by atoms with Crippen LogP contribution in [0.4, 0.5) is 8.78 Å². The topological polar surface area (TPSA) is 105 Å². The summed E-state index contributed by atoms with van der Waals surface area (Å²) in [6.45, 7) is 2.19. The molecule has 3 rings (SSSR count). The van der Waals surface area contributed by atoms with E-state index in [1.807, 2.05) is 6.92 Å². The van der Waals surface area contributed by atoms with Crippen LogP contribution in [0.1, 0.15) is 24.6 Å². The van der Waals surface area contributed by atoms with Crippen molar-refractivity contribution in [1.82, 2.24) is 9.78 Å². The fourth-order valence-electron chi connectivity index (χ4n) is 2.73. The molecule has 2 heterocycles. The zero-order valence-electron chi connectivity index (χ0n) is 17.0. The van der Waals surface area contributed by atoms with E-state index in [0.29, 0.717) is 33.6 Å². The number of halogens is 2. The Hall–Kier alpha value is -2.92. The van der Waals surface area contributed by atoms with E-state index in [2.05, 4.69) is 17.7 Å². The lowest BCUT2D eigenvalue weighted by molar-refractivity contribution is -0.140. The molecule has 0 amide bonds. The fourth-order valence-corrected chi connectivity index (χ4v) is 3.77. The maximum atomic E-state index is 15.1. The number of esters is 1. The number of carbonyl (C=O) groups is 1. The molecule has 0 aliphatic carbocycles. The van der Waals surface area contributed by atoms with Gasteiger partial charge in [0.2, 0.25) is 0 Å². The first kappa shape index (κ1) is 23.7. The van der Waals surface area contributed by atoms with E-state index in [-0.39, 0.29) is 11.4 Å². The van der Waals surface area contributed by atoms with Gasteiger partial charge in [0.25, 0.3) is 0 Å². The highest BCUT2D eigenvalue weighted by Gasteiger charge is 2.39. The molecule has 2 N–H and O–H groups in total. The van der Waals surface area contributed by atoms with Crippen LogP contribution in [0.2, 0.25) is 0 Å². The molecule has 3 aromatic rings. The first-order valence-electron chi connectivity index (χ1n) is 9.51. The van der Waals surface area contributed by atoms with E-state index in [1.165, 1.54) is 42.0 Å². The Labute approximate surface area is 191 Å². The van der Waals surface area contributed by atoms with Crippen LogP contribution in [0.15, 0.2) is 52.5 Å². The van der Waals surface area contributed by atoms with Crippen molar-refractivity contribution in [2.75, 3.05) is 12.4 Å². The highest BCUT2D eigenvalue weighted by atomic mass is 32.2. The predicted molar refractivity (Wildman–Crippen MR) is 122 cm³/mol. The summed E-state index contributed by atoms with van der Waals surface area (Å²) in [6, 6.07) is 8.04. The van der Waals surface area contributed by atoms with Crippen molar-refractivity contribution in [2.24, 2.45) is 0 Å². The molecular formula is C21H20F2N4O3S2. The van der Waals surface area contributed by atoms with E-state index in [9.17, 15) is 4.79 Å². The second kappa shape index (κ2) is 10.1. The number of nitrogens with zero attached hydrogens (tertiary/aromatic N) is 2. The molecule has 0 saturated heterocycles. The molecule has 0 atom stereocenters. The third kappa shape index (κ3) is 5.10. The van der Waals surface area contributed by atoms with Gasteiger partial charge in [0.05, 0.1) is 24.3 Å². The van der Waals surface area contributed by atoms with Crippen molar-refractivity contribution < 1.29 is 22.7 Å². The van der Waals surface area contributed by atoms with Gasteiger partial charge in [-0.2, -0.15) is 31.2 Å². The number of alkyl halides is 2. The molecule has 0 aliphatic heterocycles. The normalized spacial score (nSPS) is 12.2. The van der Waals surface area contributed by atoms with Gasteiger partial charge in [-0.1, -0.05) is 6.92 Å². The van der Waals surface area contributed by atoms with Crippen LogP contribution >= 0.6 is 24.4 Å². The fraction of sp³-hybridized carbons (Fsp3) is 0.238. The quantitative estimate of drug-likeness (QED) is 0.189. The first-order chi connectivity index (χ1) is 15.3. The van der Waals surface area contributed by atoms with Crippen molar-refractivity contribution >= 4 is 52.1 Å². The third-order valence-electron chi connectivity index (χ3n) is 4.34. The Bertz CT molecular complexity index is 1240. The van der Waals surface area contributed by atoms with Crippen LogP contribution in [0.3, 0.4) is 0 Å². The lowest BCUT2D eigenvalue weighted by atomic mass is 10.1. The van der Waals surface area contributed by atoms with E-state index in [4.69, 9.17) is 20.0 Å². The summed E-state index contributed by atoms with van der Waals surface area (Å²) in [5, 5.41) is 22.0. The van der Waals surface area contributed by atoms with E-state index >= 15 is 8.78 Å². The van der Waals surface area contributed by atoms with Crippen molar-refractivity contribution in [3.63, 3.8) is 0 Å². The van der Waals surface area contributed by atoms with E-state index in [0.717, 1.165) is 11.8 Å². The zero-order chi connectivity index (χ0) is 23.3. The minimum atomic E-state index is -3.72. The average molecular weight is 479 g/mol. The van der Waals surface area contributed by atoms with Crippen LogP contribution in [-0.4, -0.2) is 33.9 Å². The van der Waals surface area contributed by atoms with Gasteiger partial charge >= 0.3 is 11.9 Å². The summed E-state index contributed by atoms with van der Waals surface area (Å²) in [6.07, 6.45) is 2.09. The SMILES string of the molecule is CCCOC(=O)CS/C(=C\S)c1ccc(=N)n(C(=N)C(F)(F)c2ccc3occc3c2)n1. The van der Waals surface area contributed by atoms with Crippen molar-refractivity contribution in [1.29, 1.82) is 10.8 Å². The largest absolute Gasteiger partial charge is 0.465 e. The van der Waals surface area contributed by atoms with Crippen molar-refractivity contribution in [2.45, 2.75) is 19.3 Å². The smallest absolute Gasteiger partial charge is 0.331 e. The van der Waals surface area contributed by atoms with Crippen LogP contribution in [0.5, 0.6) is 0 Å². The highest BCUT2D eigenvalue weighted by molar-refractivity contribution is 8.09. The number of thiol groups is 1. The van der Waals surface area contributed by atoms with Crippen LogP contribution in [-0.2, 0) is 15.5 Å². The molecule has 0 fully saturated rings. The van der Waals surface area contributed by atoms with Gasteiger partial charge in [0.15, 0.2) is 5.84 Å². The van der Waals surface area contributed by atoms with Gasteiger partial charge < -0.3 is 9.15 Å². The number of hydrogen-bond donors (Lipinski definition) is 3. The van der Waals surface area contributed by atoms with Gasteiger partial charge in [-0.3, -0.25) is 15.6 Å². The molecule has 7 nitrogen and oxygen atoms in total. The summed E-state index contributed by atoms with van der Waals surface area (Å²) < 4.78 is 41.0. The number of carbonyl (C=O) groups excluding carboxylic acids is 1. The number of furan rings is 1. The number of fused-ring (bicyclic) bond motifs is 1. The number of benzene rings is 1. The van der Waals surface area contributed by atoms with Crippen molar-refractivity contribution in [3.05, 3.63) is 64.8 Å². The zero-order valence-corrected chi connectivity index (χ0v) is 18.7. The van der Waals surface area contributed by atoms with Gasteiger partial charge in [-0.05, 0) is 48.2 Å². The molecule has 32 heavy (non-hydrogen) atoms. The number of hydrogen-bond acceptors (Lipinski definition) is 8. The minimum Gasteiger partial charge on any atom is -0.465 e. The standard InChI is InChI=1S/C21H20F2N4O3S2/c1-2-8-30-19(28)12-32-17(11-31)15-4-6-18(24)27(26-15)20(25)21(22,23)14-3-5-16-13(10-14)7-9-29-16/h3-7,9-11,24-25,31H,2,8,12H2,1H3/b17-11-,24-18?,25-20?. The average Bonchev–Trinajstić information content (AvgIpc) is 3.26. The molecule has 0 saturated carbocycles. The molecular weight excluding hydrogens is 458 g/mol. The Morgan fingerprint density at radius 3 is 2.84 bits per heavy atom. The lowest BCUT2D eigenvalue weighted by Gasteiger charge is -2.19. The number of thioether (sulfide) groups is 1. The maximum absolute atomic E-state index is 15.1. The Kier molecular flexibility index (Phi) is 7.52. The van der Waals surface area contributed by atoms with E-state index < -0.39 is 28.8 Å². The van der Waals surface area contributed by atoms with Gasteiger partial charge in [-0.15, -0.1) is 11.8 Å². The van der Waals surface area contributed by atoms with Crippen LogP contribution in [0.25, 0.3) is 15.9 Å². The number of ether oxygens (including phenoxy) is 1. The summed E-state index contributed by atoms with van der Waals surface area (Å²) >= 11 is 5.18. The number of nitrogens with one attached hydrogen (secondary N) is 2. The second-order valence-electron chi connectivity index (χ2n) is 6.61. The van der Waals surface area contributed by atoms with Crippen LogP contribution < -0.4 is 5.49 Å². The number of aromatic nitrogens is 2. The third-order valence-corrected chi connectivity index (χ3v) is 5.79. The van der Waals surface area contributed by atoms with Gasteiger partial charge in [-0.25, -0.2) is 0 Å². The van der Waals surface area contributed by atoms with Gasteiger partial charge in [0.1, 0.15) is 11.1 Å². The molecule has 1 aromatic carbocycles. The molecule has 0 unspecified atom stereocenters. The summed E-state index contributed by atoms with van der Waals surface area (Å²) in [5.74, 6) is -5.35. The summed E-state index contributed by atoms with van der Waals surface area (Å²) in [4.78, 5) is 12.2. The molecule has 168 valence electrons. The second-order valence-corrected chi connectivity index (χ2v) is 7.89. The molecule has 11 heteroatoms. The van der Waals surface area contributed by atoms with E-state index in [1.54, 1.807) is 6.07 Å². The monoisotopic (exact) mass is 478 g/mol. The maximum Gasteiger partial charge on any atom is 0.331 e. The summed E-state index contributed by atoms with van der Waals surface area (Å²) in [7, 11) is 0. The molecule has 0 aliphatic rings. The molecule has 0 bridgehead atoms. The molecule has 0 radical (unpaired) electrons. The number of rotatable bonds is 8. The molecule has 2 aromatic heterocycles. The predicted octanol–water partition coefficient (Wildman–Crippen LogP) is 4.64. The Balaban J connectivity index is 1.87. The lowest BCUT2D eigenvalue weighted by Crippen LogP contribution is -2.39. The summed E-state index contributed by atoms with van der Waals surface area (Å²) in [5.41, 5.74) is -0.180.